The number of hydrogen-bond acceptors (Lipinski definition) is 4. The molecule has 0 unspecified atom stereocenters. The van der Waals surface area contributed by atoms with Crippen LogP contribution in [-0.4, -0.2) is 45.2 Å². The van der Waals surface area contributed by atoms with Gasteiger partial charge in [-0.1, -0.05) is 6.92 Å². The van der Waals surface area contributed by atoms with Gasteiger partial charge in [0.05, 0.1) is 17.0 Å². The topological polar surface area (TPSA) is 83.4 Å². The van der Waals surface area contributed by atoms with Crippen LogP contribution in [0, 0.1) is 6.92 Å². The van der Waals surface area contributed by atoms with E-state index < -0.39 is 5.97 Å². The Bertz CT molecular complexity index is 460. The largest absolute Gasteiger partial charge is 0.480 e. The van der Waals surface area contributed by atoms with Gasteiger partial charge in [-0.25, -0.2) is 0 Å². The number of aromatic nitrogens is 2. The second kappa shape index (κ2) is 6.09. The van der Waals surface area contributed by atoms with Crippen molar-refractivity contribution >= 4 is 11.9 Å². The molecule has 0 atom stereocenters. The Labute approximate surface area is 106 Å². The van der Waals surface area contributed by atoms with Crippen molar-refractivity contribution in [1.82, 2.24) is 15.1 Å². The molecule has 0 aliphatic rings. The van der Waals surface area contributed by atoms with Crippen molar-refractivity contribution < 1.29 is 14.7 Å². The van der Waals surface area contributed by atoms with Gasteiger partial charge in [0, 0.05) is 6.54 Å². The van der Waals surface area contributed by atoms with Crippen LogP contribution in [0.3, 0.4) is 0 Å². The molecule has 0 saturated heterocycles. The Kier molecular flexibility index (Phi) is 4.76. The van der Waals surface area contributed by atoms with Gasteiger partial charge >= 0.3 is 5.97 Å². The Morgan fingerprint density at radius 1 is 1.33 bits per heavy atom. The van der Waals surface area contributed by atoms with Gasteiger partial charge in [-0.2, -0.15) is 10.2 Å². The summed E-state index contributed by atoms with van der Waals surface area (Å²) in [6, 6.07) is 1.65. The van der Waals surface area contributed by atoms with Gasteiger partial charge in [-0.3, -0.25) is 9.59 Å². The molecule has 6 heteroatoms. The second-order valence-corrected chi connectivity index (χ2v) is 3.91. The molecule has 1 aromatic rings. The van der Waals surface area contributed by atoms with E-state index in [9.17, 15) is 9.59 Å². The number of amides is 1. The lowest BCUT2D eigenvalue weighted by Crippen LogP contribution is -2.36. The first kappa shape index (κ1) is 14.1. The maximum absolute atomic E-state index is 12.2. The van der Waals surface area contributed by atoms with Crippen molar-refractivity contribution in [3.63, 3.8) is 0 Å². The predicted molar refractivity (Wildman–Crippen MR) is 65.4 cm³/mol. The zero-order chi connectivity index (χ0) is 13.7. The molecule has 0 bridgehead atoms. The summed E-state index contributed by atoms with van der Waals surface area (Å²) in [4.78, 5) is 24.2. The highest BCUT2D eigenvalue weighted by Crippen LogP contribution is 2.11. The third-order valence-electron chi connectivity index (χ3n) is 2.55. The summed E-state index contributed by atoms with van der Waals surface area (Å²) in [5, 5.41) is 16.6. The summed E-state index contributed by atoms with van der Waals surface area (Å²) < 4.78 is 0. The first-order valence-corrected chi connectivity index (χ1v) is 5.83. The maximum atomic E-state index is 12.2. The van der Waals surface area contributed by atoms with Crippen LogP contribution in [0.2, 0.25) is 0 Å². The monoisotopic (exact) mass is 251 g/mol. The number of nitrogens with zero attached hydrogens (tertiary/aromatic N) is 3. The average molecular weight is 251 g/mol. The lowest BCUT2D eigenvalue weighted by atomic mass is 10.1. The number of carbonyl (C=O) groups is 2. The van der Waals surface area contributed by atoms with Crippen molar-refractivity contribution in [3.05, 3.63) is 23.0 Å². The minimum atomic E-state index is -1.03. The number of likely N-dealkylation sites (N-methyl/N-ethyl adjacent to an activating group) is 1. The zero-order valence-corrected chi connectivity index (χ0v) is 10.8. The summed E-state index contributed by atoms with van der Waals surface area (Å²) in [5.41, 5.74) is 1.67. The van der Waals surface area contributed by atoms with Crippen LogP contribution in [0.25, 0.3) is 0 Å². The Morgan fingerprint density at radius 3 is 2.50 bits per heavy atom. The fourth-order valence-corrected chi connectivity index (χ4v) is 1.62. The van der Waals surface area contributed by atoms with Gasteiger partial charge in [0.15, 0.2) is 0 Å². The summed E-state index contributed by atoms with van der Waals surface area (Å²) in [5.74, 6) is -1.34. The van der Waals surface area contributed by atoms with Crippen molar-refractivity contribution in [2.24, 2.45) is 0 Å². The van der Waals surface area contributed by atoms with Gasteiger partial charge in [-0.15, -0.1) is 0 Å². The third kappa shape index (κ3) is 3.26. The van der Waals surface area contributed by atoms with Gasteiger partial charge in [0.25, 0.3) is 5.91 Å². The standard InChI is InChI=1S/C12H17N3O3/c1-4-10-9(6-8(3)13-14-10)12(18)15(5-2)7-11(16)17/h6H,4-5,7H2,1-3H3,(H,16,17). The summed E-state index contributed by atoms with van der Waals surface area (Å²) in [6.45, 7) is 5.41. The minimum Gasteiger partial charge on any atom is -0.480 e. The van der Waals surface area contributed by atoms with E-state index in [-0.39, 0.29) is 12.5 Å². The summed E-state index contributed by atoms with van der Waals surface area (Å²) in [6.07, 6.45) is 0.582. The smallest absolute Gasteiger partial charge is 0.323 e. The molecule has 0 aliphatic carbocycles. The molecule has 1 heterocycles. The molecular weight excluding hydrogens is 234 g/mol. The van der Waals surface area contributed by atoms with E-state index in [1.807, 2.05) is 6.92 Å². The fraction of sp³-hybridized carbons (Fsp3) is 0.500. The van der Waals surface area contributed by atoms with Crippen LogP contribution in [0.5, 0.6) is 0 Å². The lowest BCUT2D eigenvalue weighted by Gasteiger charge is -2.19. The van der Waals surface area contributed by atoms with Crippen molar-refractivity contribution in [3.8, 4) is 0 Å². The molecule has 6 nitrogen and oxygen atoms in total. The molecule has 0 radical (unpaired) electrons. The number of aryl methyl sites for hydroxylation is 2. The number of hydrogen-bond donors (Lipinski definition) is 1. The number of carbonyl (C=O) groups excluding carboxylic acids is 1. The van der Waals surface area contributed by atoms with Crippen LogP contribution in [0.15, 0.2) is 6.07 Å². The predicted octanol–water partition coefficient (Wildman–Crippen LogP) is 0.894. The van der Waals surface area contributed by atoms with Crippen LogP contribution in [0.1, 0.15) is 35.6 Å². The SMILES string of the molecule is CCc1nnc(C)cc1C(=O)N(CC)CC(=O)O. The van der Waals surface area contributed by atoms with E-state index in [4.69, 9.17) is 5.11 Å². The van der Waals surface area contributed by atoms with Crippen LogP contribution in [0.4, 0.5) is 0 Å². The number of carboxylic acids is 1. The fourth-order valence-electron chi connectivity index (χ4n) is 1.62. The number of aliphatic carboxylic acids is 1. The van der Waals surface area contributed by atoms with Crippen molar-refractivity contribution in [1.29, 1.82) is 0 Å². The highest BCUT2D eigenvalue weighted by Gasteiger charge is 2.20. The van der Waals surface area contributed by atoms with E-state index in [1.54, 1.807) is 19.9 Å². The van der Waals surface area contributed by atoms with E-state index in [2.05, 4.69) is 10.2 Å². The summed E-state index contributed by atoms with van der Waals surface area (Å²) >= 11 is 0. The van der Waals surface area contributed by atoms with Gasteiger partial charge in [-0.05, 0) is 26.3 Å². The molecular formula is C12H17N3O3. The molecule has 98 valence electrons. The van der Waals surface area contributed by atoms with Crippen LogP contribution in [-0.2, 0) is 11.2 Å². The molecule has 1 N–H and O–H groups in total. The van der Waals surface area contributed by atoms with Crippen molar-refractivity contribution in [2.45, 2.75) is 27.2 Å². The van der Waals surface area contributed by atoms with Crippen LogP contribution < -0.4 is 0 Å². The lowest BCUT2D eigenvalue weighted by molar-refractivity contribution is -0.137. The van der Waals surface area contributed by atoms with E-state index in [0.29, 0.717) is 29.9 Å². The van der Waals surface area contributed by atoms with Gasteiger partial charge in [0.1, 0.15) is 6.54 Å². The molecule has 0 spiro atoms. The first-order valence-electron chi connectivity index (χ1n) is 5.83. The molecule has 0 aromatic carbocycles. The average Bonchev–Trinajstić information content (AvgIpc) is 2.34. The van der Waals surface area contributed by atoms with Crippen LogP contribution >= 0.6 is 0 Å². The third-order valence-corrected chi connectivity index (χ3v) is 2.55. The molecule has 0 saturated carbocycles. The summed E-state index contributed by atoms with van der Waals surface area (Å²) in [7, 11) is 0. The number of carboxylic acid groups (broad SMARTS) is 1. The highest BCUT2D eigenvalue weighted by atomic mass is 16.4. The Balaban J connectivity index is 3.07. The quantitative estimate of drug-likeness (QED) is 0.840. The van der Waals surface area contributed by atoms with Gasteiger partial charge in [0.2, 0.25) is 0 Å². The maximum Gasteiger partial charge on any atom is 0.323 e. The molecule has 1 amide bonds. The van der Waals surface area contributed by atoms with E-state index >= 15 is 0 Å². The first-order chi connectivity index (χ1) is 8.49. The van der Waals surface area contributed by atoms with E-state index in [0.717, 1.165) is 0 Å². The molecule has 1 aromatic heterocycles. The van der Waals surface area contributed by atoms with Crippen molar-refractivity contribution in [2.75, 3.05) is 13.1 Å². The second-order valence-electron chi connectivity index (χ2n) is 3.91. The minimum absolute atomic E-state index is 0.306. The molecule has 18 heavy (non-hydrogen) atoms. The van der Waals surface area contributed by atoms with E-state index in [1.165, 1.54) is 4.90 Å². The normalized spacial score (nSPS) is 10.2. The Hall–Kier alpha value is -1.98. The Morgan fingerprint density at radius 2 is 2.00 bits per heavy atom. The van der Waals surface area contributed by atoms with Gasteiger partial charge < -0.3 is 10.0 Å². The molecule has 0 aliphatic heterocycles. The molecule has 0 fully saturated rings. The zero-order valence-electron chi connectivity index (χ0n) is 10.8. The number of rotatable bonds is 5. The molecule has 1 rings (SSSR count). The highest BCUT2D eigenvalue weighted by molar-refractivity contribution is 5.96.